The lowest BCUT2D eigenvalue weighted by Gasteiger charge is -2.20. The van der Waals surface area contributed by atoms with Crippen LogP contribution in [0.3, 0.4) is 0 Å². The highest BCUT2D eigenvalue weighted by Gasteiger charge is 2.26. The summed E-state index contributed by atoms with van der Waals surface area (Å²) in [5, 5.41) is 4.47. The van der Waals surface area contributed by atoms with E-state index < -0.39 is 0 Å². The number of hydrogen-bond acceptors (Lipinski definition) is 3. The molecule has 0 spiro atoms. The highest BCUT2D eigenvalue weighted by atomic mass is 15.1. The summed E-state index contributed by atoms with van der Waals surface area (Å²) in [4.78, 5) is 20.1. The van der Waals surface area contributed by atoms with Gasteiger partial charge in [0, 0.05) is 38.2 Å². The molecule has 3 heterocycles. The zero-order valence-corrected chi connectivity index (χ0v) is 48.5. The van der Waals surface area contributed by atoms with E-state index in [1.165, 1.54) is 66.8 Å². The lowest BCUT2D eigenvalue weighted by Crippen LogP contribution is -2.06. The smallest absolute Gasteiger partial charge is 0.200 e. The fourth-order valence-electron chi connectivity index (χ4n) is 12.9. The van der Waals surface area contributed by atoms with Crippen LogP contribution in [-0.2, 0) is 0 Å². The molecule has 0 saturated carbocycles. The molecular weight excluding hydrogens is 1020 g/mol. The average molecular weight is 1080 g/mol. The van der Waals surface area contributed by atoms with E-state index in [1.807, 2.05) is 60.7 Å². The SMILES string of the molecule is [C-]#[N+]c1cc(-n2c3ccc(-c4ccc(C)cc4C)cc3c3cc(-c4ccc(C)cc4C)ccc32)c(-n2c3ccc(-c4ccc(C)cc4C)cc3c3cc(-c4ccc(C)cc4C)ccc32)cc1-c1nc(-c2ccccc2)nc(-c2ccccc2)n1. The van der Waals surface area contributed by atoms with Gasteiger partial charge in [-0.05, 0) is 183 Å². The number of hydrogen-bond donors (Lipinski definition) is 0. The van der Waals surface area contributed by atoms with Crippen molar-refractivity contribution in [3.63, 3.8) is 0 Å². The van der Waals surface area contributed by atoms with Crippen LogP contribution in [0.2, 0.25) is 0 Å². The van der Waals surface area contributed by atoms with Crippen molar-refractivity contribution in [2.75, 3.05) is 0 Å². The average Bonchev–Trinajstić information content (AvgIpc) is 3.78. The maximum Gasteiger partial charge on any atom is 0.200 e. The van der Waals surface area contributed by atoms with E-state index in [1.54, 1.807) is 0 Å². The highest BCUT2D eigenvalue weighted by molar-refractivity contribution is 6.14. The molecule has 6 nitrogen and oxygen atoms in total. The number of rotatable bonds is 9. The predicted molar refractivity (Wildman–Crippen MR) is 351 cm³/mol. The van der Waals surface area contributed by atoms with Gasteiger partial charge >= 0.3 is 0 Å². The molecule has 0 bridgehead atoms. The molecule has 0 radical (unpaired) electrons. The van der Waals surface area contributed by atoms with Gasteiger partial charge in [-0.15, -0.1) is 0 Å². The molecular formula is C78H60N6. The van der Waals surface area contributed by atoms with Crippen molar-refractivity contribution in [1.82, 2.24) is 24.1 Å². The predicted octanol–water partition coefficient (Wildman–Crippen LogP) is 20.8. The molecule has 84 heavy (non-hydrogen) atoms. The fraction of sp³-hybridized carbons (Fsp3) is 0.103. The van der Waals surface area contributed by atoms with Gasteiger partial charge in [0.1, 0.15) is 0 Å². The third-order valence-corrected chi connectivity index (χ3v) is 16.9. The lowest BCUT2D eigenvalue weighted by atomic mass is 9.95. The van der Waals surface area contributed by atoms with Crippen molar-refractivity contribution < 1.29 is 0 Å². The minimum Gasteiger partial charge on any atom is -0.308 e. The number of aromatic nitrogens is 5. The summed E-state index contributed by atoms with van der Waals surface area (Å²) in [6, 6.07) is 78.9. The molecule has 6 heteroatoms. The molecule has 0 amide bonds. The van der Waals surface area contributed by atoms with Crippen molar-refractivity contribution in [2.45, 2.75) is 55.4 Å². The molecule has 0 fully saturated rings. The summed E-state index contributed by atoms with van der Waals surface area (Å²) >= 11 is 0. The third kappa shape index (κ3) is 8.93. The highest BCUT2D eigenvalue weighted by Crippen LogP contribution is 2.46. The van der Waals surface area contributed by atoms with Crippen molar-refractivity contribution in [3.05, 3.63) is 274 Å². The Kier molecular flexibility index (Phi) is 12.6. The molecule has 402 valence electrons. The Hall–Kier alpha value is -10.5. The second-order valence-electron chi connectivity index (χ2n) is 22.9. The molecule has 0 aliphatic heterocycles. The molecule has 0 saturated heterocycles. The van der Waals surface area contributed by atoms with Gasteiger partial charge in [0.2, 0.25) is 0 Å². The number of nitrogens with zero attached hydrogens (tertiary/aromatic N) is 6. The quantitative estimate of drug-likeness (QED) is 0.135. The monoisotopic (exact) mass is 1080 g/mol. The van der Waals surface area contributed by atoms with Crippen LogP contribution in [-0.4, -0.2) is 24.1 Å². The third-order valence-electron chi connectivity index (χ3n) is 16.9. The van der Waals surface area contributed by atoms with Crippen molar-refractivity contribution >= 4 is 49.3 Å². The minimum absolute atomic E-state index is 0.412. The first-order valence-electron chi connectivity index (χ1n) is 28.8. The Morgan fingerprint density at radius 1 is 0.286 bits per heavy atom. The van der Waals surface area contributed by atoms with Crippen LogP contribution in [0.1, 0.15) is 44.5 Å². The van der Waals surface area contributed by atoms with Gasteiger partial charge in [-0.2, -0.15) is 0 Å². The van der Waals surface area contributed by atoms with Crippen LogP contribution in [0.4, 0.5) is 5.69 Å². The van der Waals surface area contributed by atoms with Crippen molar-refractivity contribution in [3.8, 4) is 90.0 Å². The Bertz CT molecular complexity index is 4780. The standard InChI is InChI=1S/C78H60N6/c1-46-20-28-60(50(5)36-46)56-24-32-70-64(40-56)65-41-57(61-29-21-47(2)37-51(61)6)25-33-71(65)83(70)74-44-68(78-81-76(54-16-12-10-13-17-54)80-77(82-78)55-18-14-11-15-19-55)69(79-9)45-75(74)84-72-34-26-58(62-30-22-48(3)38-52(62)7)42-66(72)67-43-59(27-35-73(67)84)63-31-23-49(4)39-53(63)8/h10-45H,1-8H3. The number of aryl methyl sites for hydroxylation is 8. The van der Waals surface area contributed by atoms with Crippen LogP contribution in [0.15, 0.2) is 218 Å². The topological polar surface area (TPSA) is 52.9 Å². The molecule has 14 rings (SSSR count). The van der Waals surface area contributed by atoms with E-state index in [0.717, 1.165) is 88.4 Å². The van der Waals surface area contributed by atoms with E-state index in [-0.39, 0.29) is 0 Å². The Labute approximate surface area is 490 Å². The molecule has 0 aliphatic carbocycles. The van der Waals surface area contributed by atoms with Crippen LogP contribution < -0.4 is 0 Å². The van der Waals surface area contributed by atoms with E-state index in [4.69, 9.17) is 21.5 Å². The summed E-state index contributed by atoms with van der Waals surface area (Å²) in [6.45, 7) is 26.6. The van der Waals surface area contributed by atoms with Gasteiger partial charge in [0.05, 0.1) is 40.0 Å². The number of fused-ring (bicyclic) bond motifs is 6. The second kappa shape index (κ2) is 20.5. The van der Waals surface area contributed by atoms with E-state index in [2.05, 4.69) is 227 Å². The van der Waals surface area contributed by atoms with Crippen LogP contribution in [0.5, 0.6) is 0 Å². The van der Waals surface area contributed by atoms with Crippen molar-refractivity contribution in [2.24, 2.45) is 0 Å². The molecule has 0 atom stereocenters. The Morgan fingerprint density at radius 3 is 0.905 bits per heavy atom. The van der Waals surface area contributed by atoms with Gasteiger partial charge in [-0.3, -0.25) is 0 Å². The molecule has 0 unspecified atom stereocenters. The van der Waals surface area contributed by atoms with Gasteiger partial charge in [-0.25, -0.2) is 19.8 Å². The summed E-state index contributed by atoms with van der Waals surface area (Å²) in [7, 11) is 0. The normalized spacial score (nSPS) is 11.6. The van der Waals surface area contributed by atoms with E-state index >= 15 is 0 Å². The van der Waals surface area contributed by atoms with Gasteiger partial charge in [-0.1, -0.05) is 180 Å². The number of benzene rings is 11. The van der Waals surface area contributed by atoms with Crippen LogP contribution >= 0.6 is 0 Å². The summed E-state index contributed by atoms with van der Waals surface area (Å²) in [6.07, 6.45) is 0. The molecule has 0 aliphatic rings. The second-order valence-corrected chi connectivity index (χ2v) is 22.9. The summed E-state index contributed by atoms with van der Waals surface area (Å²) < 4.78 is 4.80. The van der Waals surface area contributed by atoms with Gasteiger partial charge < -0.3 is 9.13 Å². The van der Waals surface area contributed by atoms with Gasteiger partial charge in [0.15, 0.2) is 23.2 Å². The first kappa shape index (κ1) is 51.7. The summed E-state index contributed by atoms with van der Waals surface area (Å²) in [5.41, 5.74) is 27.8. The largest absolute Gasteiger partial charge is 0.308 e. The Balaban J connectivity index is 1.12. The summed E-state index contributed by atoms with van der Waals surface area (Å²) in [5.74, 6) is 1.46. The molecule has 3 aromatic heterocycles. The van der Waals surface area contributed by atoms with Gasteiger partial charge in [0.25, 0.3) is 0 Å². The zero-order valence-electron chi connectivity index (χ0n) is 48.5. The molecule has 14 aromatic rings. The zero-order chi connectivity index (χ0) is 57.5. The first-order valence-corrected chi connectivity index (χ1v) is 28.8. The fourth-order valence-corrected chi connectivity index (χ4v) is 12.9. The van der Waals surface area contributed by atoms with Crippen LogP contribution in [0.25, 0.3) is 139 Å². The van der Waals surface area contributed by atoms with Crippen molar-refractivity contribution in [1.29, 1.82) is 0 Å². The maximum absolute atomic E-state index is 9.15. The van der Waals surface area contributed by atoms with E-state index in [9.17, 15) is 0 Å². The van der Waals surface area contributed by atoms with E-state index in [0.29, 0.717) is 28.7 Å². The molecule has 11 aromatic carbocycles. The van der Waals surface area contributed by atoms with Crippen LogP contribution in [0, 0.1) is 62.0 Å². The molecule has 0 N–H and O–H groups in total. The maximum atomic E-state index is 9.15. The first-order chi connectivity index (χ1) is 40.8. The minimum atomic E-state index is 0.412. The Morgan fingerprint density at radius 2 is 0.595 bits per heavy atom. The lowest BCUT2D eigenvalue weighted by molar-refractivity contribution is 1.07.